The number of nitro groups is 1. The first-order valence-corrected chi connectivity index (χ1v) is 16.2. The maximum atomic E-state index is 12.5. The van der Waals surface area contributed by atoms with Gasteiger partial charge in [0, 0.05) is 17.3 Å². The highest BCUT2D eigenvalue weighted by Gasteiger charge is 2.32. The number of methoxy groups -OCH3 is 1. The second kappa shape index (κ2) is 16.2. The van der Waals surface area contributed by atoms with Crippen molar-refractivity contribution in [3.63, 3.8) is 0 Å². The predicted octanol–water partition coefficient (Wildman–Crippen LogP) is 5.61. The van der Waals surface area contributed by atoms with Crippen molar-refractivity contribution in [2.75, 3.05) is 20.3 Å². The lowest BCUT2D eigenvalue weighted by Crippen LogP contribution is -2.45. The van der Waals surface area contributed by atoms with Gasteiger partial charge in [0.1, 0.15) is 13.2 Å². The van der Waals surface area contributed by atoms with Crippen molar-refractivity contribution < 1.29 is 38.6 Å². The van der Waals surface area contributed by atoms with Crippen molar-refractivity contribution in [3.05, 3.63) is 115 Å². The third kappa shape index (κ3) is 8.30. The van der Waals surface area contributed by atoms with Crippen LogP contribution in [0, 0.1) is 10.1 Å². The number of urea groups is 1. The molecule has 50 heavy (non-hydrogen) atoms. The van der Waals surface area contributed by atoms with Crippen LogP contribution in [0.4, 0.5) is 10.5 Å². The Bertz CT molecular complexity index is 1980. The van der Waals surface area contributed by atoms with Gasteiger partial charge in [-0.15, -0.1) is 0 Å². The maximum absolute atomic E-state index is 12.5. The Morgan fingerprint density at radius 1 is 1.10 bits per heavy atom. The Balaban J connectivity index is 1.23. The molecule has 5 rings (SSSR count). The van der Waals surface area contributed by atoms with Crippen LogP contribution >= 0.6 is 15.9 Å². The van der Waals surface area contributed by atoms with Crippen LogP contribution < -0.4 is 30.3 Å². The minimum atomic E-state index is -1.28. The van der Waals surface area contributed by atoms with E-state index in [1.807, 2.05) is 42.5 Å². The molecule has 0 aromatic heterocycles. The summed E-state index contributed by atoms with van der Waals surface area (Å²) in [5, 5.41) is 33.8. The molecule has 0 saturated carbocycles. The molecular formula is C35H34BrN5O9. The number of amides is 2. The number of carbonyl (C=O) groups excluding carboxylic acids is 2. The number of nitrogens with zero attached hydrogens (tertiary/aromatic N) is 2. The summed E-state index contributed by atoms with van der Waals surface area (Å²) in [7, 11) is 1.25. The quantitative estimate of drug-likeness (QED) is 0.0416. The molecule has 0 radical (unpaired) electrons. The van der Waals surface area contributed by atoms with E-state index in [1.54, 1.807) is 38.1 Å². The van der Waals surface area contributed by atoms with E-state index in [1.165, 1.54) is 19.4 Å². The fraction of sp³-hybridized carbons (Fsp3) is 0.229. The van der Waals surface area contributed by atoms with Crippen molar-refractivity contribution in [1.29, 1.82) is 0 Å². The summed E-state index contributed by atoms with van der Waals surface area (Å²) in [6, 6.07) is 20.2. The number of benzene rings is 4. The fourth-order valence-electron chi connectivity index (χ4n) is 5.34. The molecule has 4 N–H and O–H groups in total. The summed E-state index contributed by atoms with van der Waals surface area (Å²) in [4.78, 5) is 36.1. The lowest BCUT2D eigenvalue weighted by atomic mass is 9.95. The SMILES string of the molecule is CCOc1cc([C@H]2NC(=O)NC(C)=C2C(=O)OC)ccc1OC[C@@H](O)N/N=C/c1cc(Br)c(OCc2cccc3ccccc23)c([N+](=O)[O-])c1. The van der Waals surface area contributed by atoms with E-state index in [4.69, 9.17) is 18.9 Å². The van der Waals surface area contributed by atoms with E-state index in [2.05, 4.69) is 37.1 Å². The van der Waals surface area contributed by atoms with Gasteiger partial charge in [-0.05, 0) is 69.9 Å². The van der Waals surface area contributed by atoms with Gasteiger partial charge in [-0.1, -0.05) is 48.5 Å². The lowest BCUT2D eigenvalue weighted by Gasteiger charge is -2.28. The first kappa shape index (κ1) is 35.6. The molecule has 1 aliphatic rings. The van der Waals surface area contributed by atoms with Crippen LogP contribution in [0.3, 0.4) is 0 Å². The third-order valence-electron chi connectivity index (χ3n) is 7.60. The molecule has 0 aliphatic carbocycles. The molecule has 15 heteroatoms. The van der Waals surface area contributed by atoms with Gasteiger partial charge in [-0.2, -0.15) is 5.10 Å². The Kier molecular flexibility index (Phi) is 11.5. The number of aliphatic hydroxyl groups excluding tert-OH is 1. The first-order valence-electron chi connectivity index (χ1n) is 15.4. The minimum Gasteiger partial charge on any atom is -0.490 e. The molecule has 0 unspecified atom stereocenters. The number of hydrogen-bond acceptors (Lipinski definition) is 11. The summed E-state index contributed by atoms with van der Waals surface area (Å²) < 4.78 is 22.7. The van der Waals surface area contributed by atoms with Crippen molar-refractivity contribution in [1.82, 2.24) is 16.1 Å². The van der Waals surface area contributed by atoms with Gasteiger partial charge in [-0.25, -0.2) is 9.59 Å². The minimum absolute atomic E-state index is 0.0767. The fourth-order valence-corrected chi connectivity index (χ4v) is 5.92. The summed E-state index contributed by atoms with van der Waals surface area (Å²) in [6.07, 6.45) is 0.0415. The van der Waals surface area contributed by atoms with E-state index in [9.17, 15) is 24.8 Å². The molecule has 2 atom stereocenters. The largest absolute Gasteiger partial charge is 0.490 e. The molecule has 2 amide bonds. The number of hydrazone groups is 1. The molecule has 4 aromatic carbocycles. The third-order valence-corrected chi connectivity index (χ3v) is 8.19. The van der Waals surface area contributed by atoms with Gasteiger partial charge in [0.25, 0.3) is 0 Å². The topological polar surface area (TPSA) is 183 Å². The Morgan fingerprint density at radius 2 is 1.88 bits per heavy atom. The standard InChI is InChI=1S/C35H34BrN5O9/c1-4-48-29-16-23(32-31(34(43)47-3)20(2)38-35(44)39-32)12-13-28(29)49-19-30(42)40-37-17-21-14-26(36)33(27(15-21)41(45)46)50-18-24-10-7-9-22-8-5-6-11-25(22)24/h5-17,30,32,40,42H,4,18-19H2,1-3H3,(H2,38,39,44)/b37-17+/t30-,32-/m1/s1. The molecule has 4 aromatic rings. The summed E-state index contributed by atoms with van der Waals surface area (Å²) in [5.41, 5.74) is 4.67. The van der Waals surface area contributed by atoms with E-state index < -0.39 is 29.2 Å². The normalized spacial score (nSPS) is 14.9. The van der Waals surface area contributed by atoms with Crippen LogP contribution in [0.25, 0.3) is 10.8 Å². The van der Waals surface area contributed by atoms with Crippen LogP contribution in [0.1, 0.15) is 36.6 Å². The van der Waals surface area contributed by atoms with Gasteiger partial charge < -0.3 is 34.7 Å². The Morgan fingerprint density at radius 3 is 2.64 bits per heavy atom. The number of nitro benzene ring substituents is 1. The summed E-state index contributed by atoms with van der Waals surface area (Å²) >= 11 is 3.39. The lowest BCUT2D eigenvalue weighted by molar-refractivity contribution is -0.386. The number of esters is 1. The summed E-state index contributed by atoms with van der Waals surface area (Å²) in [5.74, 6) is 0.0823. The molecule has 0 fully saturated rings. The van der Waals surface area contributed by atoms with Crippen molar-refractivity contribution in [3.8, 4) is 17.2 Å². The second-order valence-electron chi connectivity index (χ2n) is 11.0. The van der Waals surface area contributed by atoms with Gasteiger partial charge in [0.2, 0.25) is 5.75 Å². The number of rotatable bonds is 14. The number of ether oxygens (including phenoxy) is 4. The maximum Gasteiger partial charge on any atom is 0.337 e. The van der Waals surface area contributed by atoms with Crippen LogP contribution in [-0.4, -0.2) is 54.8 Å². The highest BCUT2D eigenvalue weighted by molar-refractivity contribution is 9.10. The van der Waals surface area contributed by atoms with E-state index in [0.717, 1.165) is 16.3 Å². The Hall–Kier alpha value is -5.67. The van der Waals surface area contributed by atoms with Crippen LogP contribution in [0.15, 0.2) is 93.6 Å². The van der Waals surface area contributed by atoms with Crippen molar-refractivity contribution in [2.24, 2.45) is 5.10 Å². The van der Waals surface area contributed by atoms with Crippen LogP contribution in [0.2, 0.25) is 0 Å². The second-order valence-corrected chi connectivity index (χ2v) is 11.8. The molecule has 0 bridgehead atoms. The number of allylic oxidation sites excluding steroid dienone is 1. The van der Waals surface area contributed by atoms with Gasteiger partial charge >= 0.3 is 17.7 Å². The monoisotopic (exact) mass is 747 g/mol. The van der Waals surface area contributed by atoms with Gasteiger partial charge in [-0.3, -0.25) is 15.5 Å². The average molecular weight is 749 g/mol. The zero-order valence-corrected chi connectivity index (χ0v) is 28.9. The molecule has 14 nitrogen and oxygen atoms in total. The number of fused-ring (bicyclic) bond motifs is 1. The van der Waals surface area contributed by atoms with E-state index in [0.29, 0.717) is 32.8 Å². The van der Waals surface area contributed by atoms with Crippen LogP contribution in [0.5, 0.6) is 17.2 Å². The molecular weight excluding hydrogens is 714 g/mol. The highest BCUT2D eigenvalue weighted by Crippen LogP contribution is 2.37. The smallest absolute Gasteiger partial charge is 0.337 e. The molecule has 260 valence electrons. The molecule has 0 spiro atoms. The van der Waals surface area contributed by atoms with Gasteiger partial charge in [0.05, 0.1) is 40.9 Å². The van der Waals surface area contributed by atoms with Crippen molar-refractivity contribution in [2.45, 2.75) is 32.7 Å². The van der Waals surface area contributed by atoms with E-state index in [-0.39, 0.29) is 36.8 Å². The van der Waals surface area contributed by atoms with Crippen molar-refractivity contribution >= 4 is 50.6 Å². The number of carbonyl (C=O) groups is 2. The van der Waals surface area contributed by atoms with Gasteiger partial charge in [0.15, 0.2) is 17.7 Å². The molecule has 1 aliphatic heterocycles. The zero-order valence-electron chi connectivity index (χ0n) is 27.3. The molecule has 1 heterocycles. The Labute approximate surface area is 295 Å². The van der Waals surface area contributed by atoms with E-state index >= 15 is 0 Å². The number of hydrogen-bond donors (Lipinski definition) is 4. The summed E-state index contributed by atoms with van der Waals surface area (Å²) in [6.45, 7) is 3.54. The predicted molar refractivity (Wildman–Crippen MR) is 188 cm³/mol. The van der Waals surface area contributed by atoms with Crippen LogP contribution in [-0.2, 0) is 16.1 Å². The zero-order chi connectivity index (χ0) is 35.8. The number of nitrogens with one attached hydrogen (secondary N) is 3. The average Bonchev–Trinajstić information content (AvgIpc) is 3.09. The number of halogens is 1. The highest BCUT2D eigenvalue weighted by atomic mass is 79.9. The number of aliphatic hydroxyl groups is 1. The molecule has 0 saturated heterocycles. The first-order chi connectivity index (χ1) is 24.1.